The molecule has 2 aromatic rings. The molecular formula is C19H21NO4S. The number of aromatic carboxylic acids is 1. The maximum absolute atomic E-state index is 12.4. The summed E-state index contributed by atoms with van der Waals surface area (Å²) in [5.41, 5.74) is 1.31. The quantitative estimate of drug-likeness (QED) is 0.770. The van der Waals surface area contributed by atoms with E-state index in [1.807, 2.05) is 18.2 Å². The molecule has 0 unspecified atom stereocenters. The van der Waals surface area contributed by atoms with Gasteiger partial charge in [0.25, 0.3) is 5.91 Å². The number of carbonyl (C=O) groups is 2. The highest BCUT2D eigenvalue weighted by atomic mass is 32.1. The number of nitrogens with zero attached hydrogens (tertiary/aromatic N) is 1. The van der Waals surface area contributed by atoms with Crippen molar-refractivity contribution in [1.29, 1.82) is 0 Å². The van der Waals surface area contributed by atoms with E-state index >= 15 is 0 Å². The molecule has 0 aliphatic carbocycles. The number of hydrogen-bond donors (Lipinski definition) is 1. The van der Waals surface area contributed by atoms with Crippen molar-refractivity contribution in [3.8, 4) is 0 Å². The second kappa shape index (κ2) is 8.27. The average molecular weight is 359 g/mol. The molecule has 0 bridgehead atoms. The number of carboxylic acids is 1. The molecule has 1 N–H and O–H groups in total. The second-order valence-electron chi connectivity index (χ2n) is 6.09. The molecule has 1 amide bonds. The summed E-state index contributed by atoms with van der Waals surface area (Å²) >= 11 is 1.02. The van der Waals surface area contributed by atoms with Crippen LogP contribution in [0.15, 0.2) is 42.5 Å². The third-order valence-corrected chi connectivity index (χ3v) is 5.33. The van der Waals surface area contributed by atoms with Crippen LogP contribution in [0.1, 0.15) is 37.7 Å². The maximum Gasteiger partial charge on any atom is 0.345 e. The predicted octanol–water partition coefficient (Wildman–Crippen LogP) is 3.31. The van der Waals surface area contributed by atoms with Crippen molar-refractivity contribution in [3.05, 3.63) is 57.8 Å². The third kappa shape index (κ3) is 4.67. The van der Waals surface area contributed by atoms with Crippen LogP contribution in [0.5, 0.6) is 0 Å². The van der Waals surface area contributed by atoms with Crippen LogP contribution in [0.2, 0.25) is 0 Å². The van der Waals surface area contributed by atoms with E-state index in [-0.39, 0.29) is 16.9 Å². The number of carboxylic acid groups (broad SMARTS) is 1. The van der Waals surface area contributed by atoms with E-state index in [1.54, 1.807) is 11.0 Å². The highest BCUT2D eigenvalue weighted by Crippen LogP contribution is 2.22. The van der Waals surface area contributed by atoms with Crippen molar-refractivity contribution in [1.82, 2.24) is 4.90 Å². The number of carbonyl (C=O) groups excluding carboxylic acids is 1. The van der Waals surface area contributed by atoms with Crippen molar-refractivity contribution in [2.75, 3.05) is 19.7 Å². The highest BCUT2D eigenvalue weighted by Gasteiger charge is 2.28. The van der Waals surface area contributed by atoms with E-state index in [0.717, 1.165) is 30.6 Å². The Morgan fingerprint density at radius 3 is 2.64 bits per heavy atom. The number of amides is 1. The van der Waals surface area contributed by atoms with E-state index in [2.05, 4.69) is 12.1 Å². The number of hydrogen-bond acceptors (Lipinski definition) is 4. The summed E-state index contributed by atoms with van der Waals surface area (Å²) in [6.07, 6.45) is 2.84. The Bertz CT molecular complexity index is 728. The fourth-order valence-corrected chi connectivity index (χ4v) is 3.76. The van der Waals surface area contributed by atoms with E-state index in [1.165, 1.54) is 11.6 Å². The number of thiophene rings is 1. The van der Waals surface area contributed by atoms with Gasteiger partial charge >= 0.3 is 5.97 Å². The molecule has 25 heavy (non-hydrogen) atoms. The van der Waals surface area contributed by atoms with Crippen LogP contribution in [0.25, 0.3) is 0 Å². The SMILES string of the molecule is O=C(O)c1ccc(C(=O)N2CC[C@H](OCCCc3ccccc3)C2)s1. The Morgan fingerprint density at radius 2 is 1.92 bits per heavy atom. The lowest BCUT2D eigenvalue weighted by Gasteiger charge is -2.16. The fourth-order valence-electron chi connectivity index (χ4n) is 2.94. The van der Waals surface area contributed by atoms with Gasteiger partial charge in [-0.05, 0) is 37.0 Å². The van der Waals surface area contributed by atoms with Crippen LogP contribution < -0.4 is 0 Å². The minimum Gasteiger partial charge on any atom is -0.477 e. The van der Waals surface area contributed by atoms with Crippen molar-refractivity contribution < 1.29 is 19.4 Å². The van der Waals surface area contributed by atoms with Crippen molar-refractivity contribution in [3.63, 3.8) is 0 Å². The van der Waals surface area contributed by atoms with Gasteiger partial charge in [-0.15, -0.1) is 11.3 Å². The highest BCUT2D eigenvalue weighted by molar-refractivity contribution is 7.15. The van der Waals surface area contributed by atoms with Crippen LogP contribution in [0.4, 0.5) is 0 Å². The monoisotopic (exact) mass is 359 g/mol. The largest absolute Gasteiger partial charge is 0.477 e. The molecule has 0 radical (unpaired) electrons. The zero-order valence-corrected chi connectivity index (χ0v) is 14.7. The molecule has 2 heterocycles. The van der Waals surface area contributed by atoms with Gasteiger partial charge < -0.3 is 14.7 Å². The lowest BCUT2D eigenvalue weighted by molar-refractivity contribution is 0.0526. The van der Waals surface area contributed by atoms with Crippen LogP contribution in [-0.2, 0) is 11.2 Å². The van der Waals surface area contributed by atoms with E-state index < -0.39 is 5.97 Å². The average Bonchev–Trinajstić information content (AvgIpc) is 3.29. The minimum atomic E-state index is -0.995. The standard InChI is InChI=1S/C19H21NO4S/c21-18(16-8-9-17(25-16)19(22)23)20-11-10-15(13-20)24-12-4-7-14-5-2-1-3-6-14/h1-3,5-6,8-9,15H,4,7,10-13H2,(H,22,23)/t15-/m0/s1. The van der Waals surface area contributed by atoms with Gasteiger partial charge in [0.1, 0.15) is 4.88 Å². The first kappa shape index (κ1) is 17.6. The summed E-state index contributed by atoms with van der Waals surface area (Å²) in [6.45, 7) is 1.91. The summed E-state index contributed by atoms with van der Waals surface area (Å²) in [7, 11) is 0. The molecule has 6 heteroatoms. The molecule has 0 spiro atoms. The number of ether oxygens (including phenoxy) is 1. The smallest absolute Gasteiger partial charge is 0.345 e. The number of rotatable bonds is 7. The molecule has 1 aromatic heterocycles. The van der Waals surface area contributed by atoms with Gasteiger partial charge in [0, 0.05) is 19.7 Å². The molecule has 132 valence electrons. The third-order valence-electron chi connectivity index (χ3n) is 4.27. The Morgan fingerprint density at radius 1 is 1.16 bits per heavy atom. The summed E-state index contributed by atoms with van der Waals surface area (Å²) in [6, 6.07) is 13.4. The lowest BCUT2D eigenvalue weighted by atomic mass is 10.1. The zero-order chi connectivity index (χ0) is 17.6. The van der Waals surface area contributed by atoms with Crippen molar-refractivity contribution in [2.24, 2.45) is 0 Å². The molecule has 1 aliphatic rings. The van der Waals surface area contributed by atoms with Gasteiger partial charge in [-0.1, -0.05) is 30.3 Å². The summed E-state index contributed by atoms with van der Waals surface area (Å²) in [5, 5.41) is 8.96. The lowest BCUT2D eigenvalue weighted by Crippen LogP contribution is -2.29. The fraction of sp³-hybridized carbons (Fsp3) is 0.368. The predicted molar refractivity (Wildman–Crippen MR) is 96.3 cm³/mol. The van der Waals surface area contributed by atoms with Crippen molar-refractivity contribution in [2.45, 2.75) is 25.4 Å². The van der Waals surface area contributed by atoms with Gasteiger partial charge in [0.15, 0.2) is 0 Å². The van der Waals surface area contributed by atoms with Crippen molar-refractivity contribution >= 4 is 23.2 Å². The second-order valence-corrected chi connectivity index (χ2v) is 7.17. The maximum atomic E-state index is 12.4. The Hall–Kier alpha value is -2.18. The van der Waals surface area contributed by atoms with E-state index in [9.17, 15) is 9.59 Å². The first-order valence-electron chi connectivity index (χ1n) is 8.41. The van der Waals surface area contributed by atoms with Crippen LogP contribution in [-0.4, -0.2) is 47.7 Å². The number of benzene rings is 1. The zero-order valence-electron chi connectivity index (χ0n) is 13.9. The molecule has 1 aromatic carbocycles. The normalized spacial score (nSPS) is 17.0. The van der Waals surface area contributed by atoms with Gasteiger partial charge in [0.2, 0.25) is 0 Å². The molecule has 0 saturated carbocycles. The Kier molecular flexibility index (Phi) is 5.83. The molecular weight excluding hydrogens is 338 g/mol. The summed E-state index contributed by atoms with van der Waals surface area (Å²) < 4.78 is 5.90. The summed E-state index contributed by atoms with van der Waals surface area (Å²) in [5.74, 6) is -1.10. The topological polar surface area (TPSA) is 66.8 Å². The molecule has 1 aliphatic heterocycles. The Labute approximate surface area is 150 Å². The number of aryl methyl sites for hydroxylation is 1. The molecule has 1 fully saturated rings. The van der Waals surface area contributed by atoms with Crippen LogP contribution >= 0.6 is 11.3 Å². The first-order valence-corrected chi connectivity index (χ1v) is 9.23. The van der Waals surface area contributed by atoms with Gasteiger partial charge in [0.05, 0.1) is 11.0 Å². The van der Waals surface area contributed by atoms with E-state index in [0.29, 0.717) is 24.6 Å². The molecule has 1 atom stereocenters. The minimum absolute atomic E-state index is 0.0682. The molecule has 1 saturated heterocycles. The first-order chi connectivity index (χ1) is 12.1. The van der Waals surface area contributed by atoms with E-state index in [4.69, 9.17) is 9.84 Å². The Balaban J connectivity index is 1.42. The van der Waals surface area contributed by atoms with Gasteiger partial charge in [-0.2, -0.15) is 0 Å². The van der Waals surface area contributed by atoms with Crippen LogP contribution in [0.3, 0.4) is 0 Å². The van der Waals surface area contributed by atoms with Crippen LogP contribution in [0, 0.1) is 0 Å². The van der Waals surface area contributed by atoms with Gasteiger partial charge in [-0.3, -0.25) is 4.79 Å². The molecule has 3 rings (SSSR count). The number of likely N-dealkylation sites (tertiary alicyclic amines) is 1. The van der Waals surface area contributed by atoms with Gasteiger partial charge in [-0.25, -0.2) is 4.79 Å². The molecule has 5 nitrogen and oxygen atoms in total. The summed E-state index contributed by atoms with van der Waals surface area (Å²) in [4.78, 5) is 25.8.